The fourth-order valence-electron chi connectivity index (χ4n) is 1.21. The van der Waals surface area contributed by atoms with E-state index in [1.165, 1.54) is 18.3 Å². The molecule has 100 valence electrons. The molecule has 0 amide bonds. The van der Waals surface area contributed by atoms with Gasteiger partial charge in [0.15, 0.2) is 5.82 Å². The molecular weight excluding hydrogens is 258 g/mol. The van der Waals surface area contributed by atoms with Crippen molar-refractivity contribution in [3.8, 4) is 0 Å². The molecule has 1 rings (SSSR count). The molecule has 1 aromatic rings. The third kappa shape index (κ3) is 4.30. The zero-order valence-electron chi connectivity index (χ0n) is 9.88. The van der Waals surface area contributed by atoms with E-state index in [0.29, 0.717) is 13.0 Å². The van der Waals surface area contributed by atoms with Gasteiger partial charge in [0.05, 0.1) is 0 Å². The number of hydrogen-bond acceptors (Lipinski definition) is 4. The third-order valence-corrected chi connectivity index (χ3v) is 3.14. The van der Waals surface area contributed by atoms with E-state index in [-0.39, 0.29) is 11.4 Å². The number of carbonyl (C=O) groups is 1. The number of hydrogen-bond donors (Lipinski definition) is 3. The Hall–Kier alpha value is -1.67. The lowest BCUT2D eigenvalue weighted by Gasteiger charge is -2.09. The van der Waals surface area contributed by atoms with Crippen LogP contribution in [0.4, 0.5) is 5.82 Å². The summed E-state index contributed by atoms with van der Waals surface area (Å²) in [6.07, 6.45) is 2.87. The molecule has 18 heavy (non-hydrogen) atoms. The molecule has 0 aromatic carbocycles. The van der Waals surface area contributed by atoms with Gasteiger partial charge in [-0.1, -0.05) is 13.3 Å². The lowest BCUT2D eigenvalue weighted by molar-refractivity contribution is 0.0697. The standard InChI is InChI=1S/C10H15N3O4S/c1-2-3-7-12-18(16,17)13-9-8(10(14)15)5-4-6-11-9/h4-6,12H,2-3,7H2,1H3,(H,11,13)(H,14,15). The van der Waals surface area contributed by atoms with Crippen LogP contribution in [0, 0.1) is 0 Å². The minimum Gasteiger partial charge on any atom is -0.478 e. The Morgan fingerprint density at radius 2 is 2.22 bits per heavy atom. The van der Waals surface area contributed by atoms with Gasteiger partial charge in [-0.3, -0.25) is 4.72 Å². The van der Waals surface area contributed by atoms with Gasteiger partial charge < -0.3 is 5.11 Å². The van der Waals surface area contributed by atoms with Crippen LogP contribution in [0.1, 0.15) is 30.1 Å². The Balaban J connectivity index is 2.81. The molecular formula is C10H15N3O4S. The predicted octanol–water partition coefficient (Wildman–Crippen LogP) is 0.826. The number of carboxylic acid groups (broad SMARTS) is 1. The van der Waals surface area contributed by atoms with E-state index >= 15 is 0 Å². The van der Waals surface area contributed by atoms with Crippen LogP contribution in [0.25, 0.3) is 0 Å². The topological polar surface area (TPSA) is 108 Å². The van der Waals surface area contributed by atoms with Crippen molar-refractivity contribution in [2.24, 2.45) is 0 Å². The van der Waals surface area contributed by atoms with Gasteiger partial charge in [-0.05, 0) is 18.6 Å². The molecule has 0 aliphatic carbocycles. The molecule has 0 aliphatic rings. The summed E-state index contributed by atoms with van der Waals surface area (Å²) in [6, 6.07) is 2.70. The largest absolute Gasteiger partial charge is 0.478 e. The van der Waals surface area contributed by atoms with Crippen LogP contribution in [0.3, 0.4) is 0 Å². The van der Waals surface area contributed by atoms with Crippen LogP contribution >= 0.6 is 0 Å². The van der Waals surface area contributed by atoms with Crippen molar-refractivity contribution in [1.29, 1.82) is 0 Å². The van der Waals surface area contributed by atoms with Gasteiger partial charge in [-0.15, -0.1) is 0 Å². The average molecular weight is 273 g/mol. The van der Waals surface area contributed by atoms with E-state index in [2.05, 4.69) is 14.4 Å². The van der Waals surface area contributed by atoms with Gasteiger partial charge in [0.25, 0.3) is 10.2 Å². The molecule has 7 nitrogen and oxygen atoms in total. The number of pyridine rings is 1. The summed E-state index contributed by atoms with van der Waals surface area (Å²) in [4.78, 5) is 14.6. The summed E-state index contributed by atoms with van der Waals surface area (Å²) in [6.45, 7) is 2.23. The lowest BCUT2D eigenvalue weighted by Crippen LogP contribution is -2.31. The van der Waals surface area contributed by atoms with Crippen LogP contribution in [-0.4, -0.2) is 31.0 Å². The van der Waals surface area contributed by atoms with Crippen LogP contribution in [0.5, 0.6) is 0 Å². The molecule has 0 atom stereocenters. The van der Waals surface area contributed by atoms with Gasteiger partial charge in [0, 0.05) is 12.7 Å². The molecule has 1 heterocycles. The van der Waals surface area contributed by atoms with E-state index in [1.54, 1.807) is 0 Å². The highest BCUT2D eigenvalue weighted by atomic mass is 32.2. The van der Waals surface area contributed by atoms with Crippen LogP contribution in [-0.2, 0) is 10.2 Å². The Morgan fingerprint density at radius 3 is 2.83 bits per heavy atom. The smallest absolute Gasteiger partial charge is 0.339 e. The molecule has 0 bridgehead atoms. The van der Waals surface area contributed by atoms with Crippen molar-refractivity contribution < 1.29 is 18.3 Å². The van der Waals surface area contributed by atoms with Crippen LogP contribution in [0.2, 0.25) is 0 Å². The highest BCUT2D eigenvalue weighted by Crippen LogP contribution is 2.12. The maximum atomic E-state index is 11.6. The number of nitrogens with zero attached hydrogens (tertiary/aromatic N) is 1. The summed E-state index contributed by atoms with van der Waals surface area (Å²) in [5.74, 6) is -1.44. The second-order valence-electron chi connectivity index (χ2n) is 3.56. The first-order chi connectivity index (χ1) is 8.46. The van der Waals surface area contributed by atoms with Gasteiger partial charge in [-0.25, -0.2) is 9.78 Å². The number of nitrogens with one attached hydrogen (secondary N) is 2. The molecule has 0 spiro atoms. The van der Waals surface area contributed by atoms with Crippen molar-refractivity contribution in [3.05, 3.63) is 23.9 Å². The van der Waals surface area contributed by atoms with Crippen molar-refractivity contribution in [1.82, 2.24) is 9.71 Å². The van der Waals surface area contributed by atoms with Gasteiger partial charge in [-0.2, -0.15) is 13.1 Å². The summed E-state index contributed by atoms with van der Waals surface area (Å²) in [5, 5.41) is 8.88. The first-order valence-corrected chi connectivity index (χ1v) is 6.90. The fraction of sp³-hybridized carbons (Fsp3) is 0.400. The fourth-order valence-corrected chi connectivity index (χ4v) is 2.11. The Kier molecular flexibility index (Phi) is 5.05. The monoisotopic (exact) mass is 273 g/mol. The minimum atomic E-state index is -3.79. The minimum absolute atomic E-state index is 0.196. The van der Waals surface area contributed by atoms with Crippen molar-refractivity contribution in [3.63, 3.8) is 0 Å². The summed E-state index contributed by atoms with van der Waals surface area (Å²) >= 11 is 0. The second-order valence-corrected chi connectivity index (χ2v) is 5.06. The van der Waals surface area contributed by atoms with Crippen LogP contribution in [0.15, 0.2) is 18.3 Å². The van der Waals surface area contributed by atoms with E-state index in [1.807, 2.05) is 6.92 Å². The Morgan fingerprint density at radius 1 is 1.50 bits per heavy atom. The maximum Gasteiger partial charge on any atom is 0.339 e. The molecule has 0 fully saturated rings. The molecule has 8 heteroatoms. The summed E-state index contributed by atoms with van der Waals surface area (Å²) in [5.41, 5.74) is -0.196. The predicted molar refractivity (Wildman–Crippen MR) is 66.6 cm³/mol. The molecule has 0 saturated heterocycles. The highest BCUT2D eigenvalue weighted by Gasteiger charge is 2.16. The first-order valence-electron chi connectivity index (χ1n) is 5.42. The van der Waals surface area contributed by atoms with Crippen LogP contribution < -0.4 is 9.44 Å². The van der Waals surface area contributed by atoms with E-state index in [4.69, 9.17) is 5.11 Å². The second kappa shape index (κ2) is 6.31. The summed E-state index contributed by atoms with van der Waals surface area (Å²) in [7, 11) is -3.79. The van der Waals surface area contributed by atoms with E-state index in [9.17, 15) is 13.2 Å². The van der Waals surface area contributed by atoms with Gasteiger partial charge in [0.2, 0.25) is 0 Å². The molecule has 0 radical (unpaired) electrons. The maximum absolute atomic E-state index is 11.6. The molecule has 3 N–H and O–H groups in total. The van der Waals surface area contributed by atoms with Crippen molar-refractivity contribution in [2.75, 3.05) is 11.3 Å². The zero-order valence-corrected chi connectivity index (χ0v) is 10.7. The number of anilines is 1. The third-order valence-electron chi connectivity index (χ3n) is 2.09. The molecule has 0 unspecified atom stereocenters. The normalized spacial score (nSPS) is 11.2. The van der Waals surface area contributed by atoms with E-state index in [0.717, 1.165) is 6.42 Å². The zero-order chi connectivity index (χ0) is 13.6. The SMILES string of the molecule is CCCCNS(=O)(=O)Nc1ncccc1C(=O)O. The van der Waals surface area contributed by atoms with Crippen molar-refractivity contribution in [2.45, 2.75) is 19.8 Å². The number of aromatic nitrogens is 1. The van der Waals surface area contributed by atoms with E-state index < -0.39 is 16.2 Å². The Labute approximate surface area is 105 Å². The average Bonchev–Trinajstić information content (AvgIpc) is 2.29. The number of carboxylic acids is 1. The Bertz CT molecular complexity index is 516. The quantitative estimate of drug-likeness (QED) is 0.637. The first kappa shape index (κ1) is 14.4. The number of aromatic carboxylic acids is 1. The number of unbranched alkanes of at least 4 members (excludes halogenated alkanes) is 1. The molecule has 1 aromatic heterocycles. The molecule has 0 aliphatic heterocycles. The van der Waals surface area contributed by atoms with Gasteiger partial charge >= 0.3 is 5.97 Å². The highest BCUT2D eigenvalue weighted by molar-refractivity contribution is 7.90. The molecule has 0 saturated carbocycles. The summed E-state index contributed by atoms with van der Waals surface area (Å²) < 4.78 is 27.6. The number of rotatable bonds is 7. The van der Waals surface area contributed by atoms with Gasteiger partial charge in [0.1, 0.15) is 5.56 Å². The van der Waals surface area contributed by atoms with Crippen molar-refractivity contribution >= 4 is 22.0 Å². The lowest BCUT2D eigenvalue weighted by atomic mass is 10.3.